The molecule has 0 spiro atoms. The van der Waals surface area contributed by atoms with Crippen LogP contribution in [0.5, 0.6) is 0 Å². The average Bonchev–Trinajstić information content (AvgIpc) is 2.63. The van der Waals surface area contributed by atoms with Gasteiger partial charge in [-0.3, -0.25) is 4.90 Å². The Labute approximate surface area is 142 Å². The van der Waals surface area contributed by atoms with Crippen molar-refractivity contribution in [1.29, 1.82) is 0 Å². The Hall–Kier alpha value is -1.06. The third-order valence-electron chi connectivity index (χ3n) is 5.73. The number of benzene rings is 1. The number of rotatable bonds is 5. The van der Waals surface area contributed by atoms with E-state index in [1.807, 2.05) is 0 Å². The van der Waals surface area contributed by atoms with E-state index in [0.717, 1.165) is 12.3 Å². The van der Waals surface area contributed by atoms with Gasteiger partial charge in [0.25, 0.3) is 0 Å². The Morgan fingerprint density at radius 1 is 0.913 bits per heavy atom. The Balaban J connectivity index is 1.45. The molecule has 0 aromatic heterocycles. The summed E-state index contributed by atoms with van der Waals surface area (Å²) in [6.45, 7) is 14.5. The molecule has 2 fully saturated rings. The van der Waals surface area contributed by atoms with Gasteiger partial charge in [-0.25, -0.2) is 0 Å². The summed E-state index contributed by atoms with van der Waals surface area (Å²) in [5.41, 5.74) is 2.87. The molecule has 3 nitrogen and oxygen atoms in total. The van der Waals surface area contributed by atoms with Gasteiger partial charge >= 0.3 is 0 Å². The molecule has 2 aliphatic heterocycles. The van der Waals surface area contributed by atoms with Crippen LogP contribution in [0.1, 0.15) is 32.3 Å². The number of likely N-dealkylation sites (tertiary alicyclic amines) is 1. The lowest BCUT2D eigenvalue weighted by molar-refractivity contribution is 0.143. The smallest absolute Gasteiger partial charge is 0.0369 e. The third kappa shape index (κ3) is 4.48. The topological polar surface area (TPSA) is 9.72 Å². The summed E-state index contributed by atoms with van der Waals surface area (Å²) in [5, 5.41) is 0. The van der Waals surface area contributed by atoms with E-state index in [-0.39, 0.29) is 0 Å². The highest BCUT2D eigenvalue weighted by Crippen LogP contribution is 2.21. The van der Waals surface area contributed by atoms with Crippen LogP contribution in [0.25, 0.3) is 0 Å². The first-order chi connectivity index (χ1) is 11.3. The van der Waals surface area contributed by atoms with Crippen LogP contribution in [-0.4, -0.2) is 62.2 Å². The first-order valence-electron chi connectivity index (χ1n) is 9.57. The van der Waals surface area contributed by atoms with Crippen molar-refractivity contribution in [2.24, 2.45) is 5.92 Å². The van der Waals surface area contributed by atoms with Gasteiger partial charge in [0.1, 0.15) is 0 Å². The molecule has 23 heavy (non-hydrogen) atoms. The molecular weight excluding hydrogens is 282 g/mol. The van der Waals surface area contributed by atoms with Gasteiger partial charge in [0.05, 0.1) is 0 Å². The molecule has 2 heterocycles. The van der Waals surface area contributed by atoms with Gasteiger partial charge in [0.2, 0.25) is 0 Å². The second kappa shape index (κ2) is 8.16. The standard InChI is InChI=1S/C20H33N3/c1-3-18-6-5-7-20(16-18)23-14-12-22(13-15-23)17-19-8-10-21(4-2)11-9-19/h5-7,16,19H,3-4,8-15,17H2,1-2H3. The number of hydrogen-bond acceptors (Lipinski definition) is 3. The molecule has 128 valence electrons. The van der Waals surface area contributed by atoms with E-state index < -0.39 is 0 Å². The van der Waals surface area contributed by atoms with E-state index in [0.29, 0.717) is 0 Å². The van der Waals surface area contributed by atoms with Crippen LogP contribution < -0.4 is 4.90 Å². The fraction of sp³-hybridized carbons (Fsp3) is 0.700. The van der Waals surface area contributed by atoms with E-state index in [2.05, 4.69) is 52.8 Å². The summed E-state index contributed by atoms with van der Waals surface area (Å²) in [5.74, 6) is 0.924. The maximum absolute atomic E-state index is 2.70. The van der Waals surface area contributed by atoms with Gasteiger partial charge < -0.3 is 9.80 Å². The average molecular weight is 316 g/mol. The Bertz CT molecular complexity index is 472. The SMILES string of the molecule is CCc1cccc(N2CCN(CC3CCN(CC)CC3)CC2)c1. The number of piperidine rings is 1. The fourth-order valence-electron chi connectivity index (χ4n) is 4.01. The predicted molar refractivity (Wildman–Crippen MR) is 99.3 cm³/mol. The van der Waals surface area contributed by atoms with Crippen molar-refractivity contribution in [3.8, 4) is 0 Å². The normalized spacial score (nSPS) is 21.7. The molecule has 0 bridgehead atoms. The lowest BCUT2D eigenvalue weighted by atomic mass is 9.96. The Morgan fingerprint density at radius 2 is 1.65 bits per heavy atom. The largest absolute Gasteiger partial charge is 0.369 e. The van der Waals surface area contributed by atoms with Crippen molar-refractivity contribution < 1.29 is 0 Å². The van der Waals surface area contributed by atoms with Crippen molar-refractivity contribution in [1.82, 2.24) is 9.80 Å². The van der Waals surface area contributed by atoms with Gasteiger partial charge in [-0.05, 0) is 62.5 Å². The number of hydrogen-bond donors (Lipinski definition) is 0. The molecule has 0 radical (unpaired) electrons. The zero-order valence-electron chi connectivity index (χ0n) is 15.0. The first kappa shape index (κ1) is 16.8. The second-order valence-electron chi connectivity index (χ2n) is 7.19. The maximum atomic E-state index is 2.70. The summed E-state index contributed by atoms with van der Waals surface area (Å²) in [6.07, 6.45) is 3.92. The van der Waals surface area contributed by atoms with Crippen molar-refractivity contribution in [2.45, 2.75) is 33.1 Å². The quantitative estimate of drug-likeness (QED) is 0.827. The summed E-state index contributed by atoms with van der Waals surface area (Å²) in [4.78, 5) is 7.86. The van der Waals surface area contributed by atoms with Crippen LogP contribution >= 0.6 is 0 Å². The highest BCUT2D eigenvalue weighted by Gasteiger charge is 2.23. The van der Waals surface area contributed by atoms with Gasteiger partial charge in [-0.1, -0.05) is 26.0 Å². The van der Waals surface area contributed by atoms with Gasteiger partial charge in [-0.2, -0.15) is 0 Å². The van der Waals surface area contributed by atoms with Crippen LogP contribution in [-0.2, 0) is 6.42 Å². The van der Waals surface area contributed by atoms with Crippen molar-refractivity contribution in [3.05, 3.63) is 29.8 Å². The molecule has 2 saturated heterocycles. The molecule has 1 aromatic carbocycles. The lowest BCUT2D eigenvalue weighted by Gasteiger charge is -2.39. The van der Waals surface area contributed by atoms with Gasteiger partial charge in [0.15, 0.2) is 0 Å². The minimum absolute atomic E-state index is 0.924. The van der Waals surface area contributed by atoms with E-state index in [1.54, 1.807) is 0 Å². The van der Waals surface area contributed by atoms with Crippen LogP contribution in [0.4, 0.5) is 5.69 Å². The minimum Gasteiger partial charge on any atom is -0.369 e. The van der Waals surface area contributed by atoms with E-state index in [4.69, 9.17) is 0 Å². The minimum atomic E-state index is 0.924. The van der Waals surface area contributed by atoms with Crippen LogP contribution in [0, 0.1) is 5.92 Å². The third-order valence-corrected chi connectivity index (χ3v) is 5.73. The predicted octanol–water partition coefficient (Wildman–Crippen LogP) is 3.10. The summed E-state index contributed by atoms with van der Waals surface area (Å²) < 4.78 is 0. The molecule has 3 heteroatoms. The number of aryl methyl sites for hydroxylation is 1. The fourth-order valence-corrected chi connectivity index (χ4v) is 4.01. The summed E-state index contributed by atoms with van der Waals surface area (Å²) in [7, 11) is 0. The molecule has 0 amide bonds. The molecule has 0 saturated carbocycles. The number of piperazine rings is 1. The van der Waals surface area contributed by atoms with E-state index >= 15 is 0 Å². The number of nitrogens with zero attached hydrogens (tertiary/aromatic N) is 3. The lowest BCUT2D eigenvalue weighted by Crippen LogP contribution is -2.48. The molecular formula is C20H33N3. The zero-order chi connectivity index (χ0) is 16.1. The van der Waals surface area contributed by atoms with Gasteiger partial charge in [-0.15, -0.1) is 0 Å². The van der Waals surface area contributed by atoms with Crippen molar-refractivity contribution in [2.75, 3.05) is 57.3 Å². The monoisotopic (exact) mass is 315 g/mol. The molecule has 0 unspecified atom stereocenters. The molecule has 0 aliphatic carbocycles. The van der Waals surface area contributed by atoms with Crippen LogP contribution in [0.3, 0.4) is 0 Å². The maximum Gasteiger partial charge on any atom is 0.0369 e. The van der Waals surface area contributed by atoms with Gasteiger partial charge in [0, 0.05) is 38.4 Å². The highest BCUT2D eigenvalue weighted by atomic mass is 15.3. The summed E-state index contributed by atoms with van der Waals surface area (Å²) >= 11 is 0. The van der Waals surface area contributed by atoms with Crippen molar-refractivity contribution in [3.63, 3.8) is 0 Å². The molecule has 3 rings (SSSR count). The molecule has 1 aromatic rings. The molecule has 2 aliphatic rings. The van der Waals surface area contributed by atoms with Crippen molar-refractivity contribution >= 4 is 5.69 Å². The highest BCUT2D eigenvalue weighted by molar-refractivity contribution is 5.49. The summed E-state index contributed by atoms with van der Waals surface area (Å²) in [6, 6.07) is 9.09. The molecule has 0 atom stereocenters. The first-order valence-corrected chi connectivity index (χ1v) is 9.57. The zero-order valence-corrected chi connectivity index (χ0v) is 15.0. The van der Waals surface area contributed by atoms with E-state index in [1.165, 1.54) is 76.5 Å². The second-order valence-corrected chi connectivity index (χ2v) is 7.19. The molecule has 0 N–H and O–H groups in total. The van der Waals surface area contributed by atoms with Crippen LogP contribution in [0.15, 0.2) is 24.3 Å². The Kier molecular flexibility index (Phi) is 5.96. The number of anilines is 1. The van der Waals surface area contributed by atoms with E-state index in [9.17, 15) is 0 Å². The Morgan fingerprint density at radius 3 is 2.30 bits per heavy atom. The van der Waals surface area contributed by atoms with Crippen LogP contribution in [0.2, 0.25) is 0 Å².